The summed E-state index contributed by atoms with van der Waals surface area (Å²) >= 11 is 0. The maximum Gasteiger partial charge on any atom is 0.407 e. The molecule has 4 heteroatoms. The predicted molar refractivity (Wildman–Crippen MR) is 53.9 cm³/mol. The van der Waals surface area contributed by atoms with Crippen molar-refractivity contribution in [2.75, 3.05) is 6.61 Å². The van der Waals surface area contributed by atoms with E-state index in [2.05, 4.69) is 16.4 Å². The predicted octanol–water partition coefficient (Wildman–Crippen LogP) is 2.07. The zero-order chi connectivity index (χ0) is 11.1. The molecular weight excluding hydrogens is 196 g/mol. The fraction of sp³-hybridized carbons (Fsp3) is 0.182. The number of para-hydroxylation sites is 1. The average Bonchev–Trinajstić information content (AvgIpc) is 2.27. The van der Waals surface area contributed by atoms with E-state index in [0.717, 1.165) is 0 Å². The van der Waals surface area contributed by atoms with E-state index in [0.29, 0.717) is 5.75 Å². The van der Waals surface area contributed by atoms with Crippen LogP contribution < -0.4 is 4.74 Å². The molecule has 0 atom stereocenters. The molecule has 0 aliphatic rings. The molecule has 0 aliphatic heterocycles. The molecule has 0 N–H and O–H groups in total. The molecule has 4 nitrogen and oxygen atoms in total. The van der Waals surface area contributed by atoms with Crippen LogP contribution in [0, 0.1) is 0 Å². The van der Waals surface area contributed by atoms with Gasteiger partial charge in [-0.3, -0.25) is 4.89 Å². The smallest absolute Gasteiger partial charge is 0.407 e. The maximum absolute atomic E-state index is 11.1. The number of hydrogen-bond donors (Lipinski definition) is 0. The Bertz CT molecular complexity index is 332. The molecule has 0 aromatic heterocycles. The van der Waals surface area contributed by atoms with E-state index >= 15 is 0 Å². The van der Waals surface area contributed by atoms with Gasteiger partial charge in [0.15, 0.2) is 0 Å². The maximum atomic E-state index is 11.1. The number of carbonyl (C=O) groups excluding carboxylic acids is 1. The van der Waals surface area contributed by atoms with E-state index in [1.54, 1.807) is 31.2 Å². The van der Waals surface area contributed by atoms with Gasteiger partial charge in [0.2, 0.25) is 5.76 Å². The molecule has 0 amide bonds. The molecule has 0 radical (unpaired) electrons. The molecular formula is C11H12O4. The summed E-state index contributed by atoms with van der Waals surface area (Å²) in [5.41, 5.74) is 0. The molecule has 0 heterocycles. The summed E-state index contributed by atoms with van der Waals surface area (Å²) in [4.78, 5) is 20.0. The zero-order valence-electron chi connectivity index (χ0n) is 8.43. The van der Waals surface area contributed by atoms with Crippen molar-refractivity contribution in [1.29, 1.82) is 0 Å². The lowest BCUT2D eigenvalue weighted by molar-refractivity contribution is -0.267. The van der Waals surface area contributed by atoms with Crippen molar-refractivity contribution in [3.8, 4) is 5.75 Å². The number of ether oxygens (including phenoxy) is 1. The Morgan fingerprint density at radius 3 is 2.60 bits per heavy atom. The van der Waals surface area contributed by atoms with E-state index in [1.165, 1.54) is 0 Å². The van der Waals surface area contributed by atoms with Gasteiger partial charge in [0.05, 0.1) is 6.61 Å². The summed E-state index contributed by atoms with van der Waals surface area (Å²) in [7, 11) is 0. The van der Waals surface area contributed by atoms with Gasteiger partial charge in [-0.05, 0) is 25.6 Å². The monoisotopic (exact) mass is 208 g/mol. The van der Waals surface area contributed by atoms with Gasteiger partial charge in [0.1, 0.15) is 5.75 Å². The van der Waals surface area contributed by atoms with Crippen LogP contribution in [0.15, 0.2) is 42.7 Å². The highest BCUT2D eigenvalue weighted by Crippen LogP contribution is 2.12. The third kappa shape index (κ3) is 3.83. The van der Waals surface area contributed by atoms with E-state index < -0.39 is 5.97 Å². The lowest BCUT2D eigenvalue weighted by atomic mass is 10.3. The summed E-state index contributed by atoms with van der Waals surface area (Å²) in [6.45, 7) is 5.41. The topological polar surface area (TPSA) is 44.8 Å². The highest BCUT2D eigenvalue weighted by molar-refractivity contribution is 5.85. The third-order valence-electron chi connectivity index (χ3n) is 1.46. The van der Waals surface area contributed by atoms with Crippen molar-refractivity contribution < 1.29 is 19.3 Å². The Morgan fingerprint density at radius 1 is 1.33 bits per heavy atom. The van der Waals surface area contributed by atoms with E-state index in [-0.39, 0.29) is 12.4 Å². The van der Waals surface area contributed by atoms with Gasteiger partial charge >= 0.3 is 5.97 Å². The van der Waals surface area contributed by atoms with Crippen LogP contribution in [0.2, 0.25) is 0 Å². The lowest BCUT2D eigenvalue weighted by Gasteiger charge is -2.06. The number of carbonyl (C=O) groups is 1. The summed E-state index contributed by atoms with van der Waals surface area (Å²) in [5.74, 6) is -0.327. The van der Waals surface area contributed by atoms with Crippen LogP contribution >= 0.6 is 0 Å². The minimum Gasteiger partial charge on any atom is -0.450 e. The fourth-order valence-electron chi connectivity index (χ4n) is 0.831. The third-order valence-corrected chi connectivity index (χ3v) is 1.46. The van der Waals surface area contributed by atoms with Crippen molar-refractivity contribution in [2.45, 2.75) is 6.92 Å². The van der Waals surface area contributed by atoms with Gasteiger partial charge in [-0.25, -0.2) is 4.79 Å². The van der Waals surface area contributed by atoms with Crippen LogP contribution in [-0.4, -0.2) is 12.6 Å². The van der Waals surface area contributed by atoms with Crippen molar-refractivity contribution in [3.63, 3.8) is 0 Å². The largest absolute Gasteiger partial charge is 0.450 e. The summed E-state index contributed by atoms with van der Waals surface area (Å²) in [6.07, 6.45) is 0. The normalized spacial score (nSPS) is 9.40. The lowest BCUT2D eigenvalue weighted by Crippen LogP contribution is -2.12. The first-order chi connectivity index (χ1) is 7.24. The summed E-state index contributed by atoms with van der Waals surface area (Å²) < 4.78 is 5.12. The van der Waals surface area contributed by atoms with Gasteiger partial charge in [0.25, 0.3) is 0 Å². The Morgan fingerprint density at radius 2 is 2.00 bits per heavy atom. The molecule has 15 heavy (non-hydrogen) atoms. The van der Waals surface area contributed by atoms with E-state index in [4.69, 9.17) is 4.74 Å². The number of hydrogen-bond acceptors (Lipinski definition) is 4. The van der Waals surface area contributed by atoms with Crippen molar-refractivity contribution >= 4 is 5.97 Å². The first-order valence-corrected chi connectivity index (χ1v) is 4.49. The van der Waals surface area contributed by atoms with Gasteiger partial charge in [-0.1, -0.05) is 18.2 Å². The molecule has 0 unspecified atom stereocenters. The number of rotatable bonds is 5. The number of benzene rings is 1. The zero-order valence-corrected chi connectivity index (χ0v) is 8.43. The van der Waals surface area contributed by atoms with Crippen molar-refractivity contribution in [1.82, 2.24) is 0 Å². The Hall–Kier alpha value is -1.81. The first-order valence-electron chi connectivity index (χ1n) is 4.49. The van der Waals surface area contributed by atoms with E-state index in [9.17, 15) is 4.79 Å². The molecule has 0 saturated carbocycles. The molecule has 1 rings (SSSR count). The van der Waals surface area contributed by atoms with Gasteiger partial charge in [-0.15, -0.1) is 0 Å². The minimum absolute atomic E-state index is 0.116. The standard InChI is InChI=1S/C11H12O4/c1-3-13-15-11(12)9(2)14-10-7-5-4-6-8-10/h4-8H,2-3H2,1H3. The SMILES string of the molecule is C=C(Oc1ccccc1)C(=O)OOCC. The Labute approximate surface area is 88.0 Å². The Balaban J connectivity index is 2.45. The molecule has 80 valence electrons. The highest BCUT2D eigenvalue weighted by Gasteiger charge is 2.11. The molecule has 0 aliphatic carbocycles. The van der Waals surface area contributed by atoms with Crippen molar-refractivity contribution in [3.05, 3.63) is 42.7 Å². The van der Waals surface area contributed by atoms with Crippen molar-refractivity contribution in [2.24, 2.45) is 0 Å². The minimum atomic E-state index is -0.735. The van der Waals surface area contributed by atoms with Gasteiger partial charge in [0, 0.05) is 0 Å². The summed E-state index contributed by atoms with van der Waals surface area (Å²) in [5, 5.41) is 0. The van der Waals surface area contributed by atoms with Crippen LogP contribution in [-0.2, 0) is 14.6 Å². The highest BCUT2D eigenvalue weighted by atomic mass is 17.2. The quantitative estimate of drug-likeness (QED) is 0.321. The van der Waals surface area contributed by atoms with Crippen LogP contribution in [0.1, 0.15) is 6.92 Å². The second-order valence-corrected chi connectivity index (χ2v) is 2.62. The first kappa shape index (κ1) is 11.3. The molecule has 0 saturated heterocycles. The van der Waals surface area contributed by atoms with Crippen LogP contribution in [0.25, 0.3) is 0 Å². The van der Waals surface area contributed by atoms with Crippen LogP contribution in [0.3, 0.4) is 0 Å². The van der Waals surface area contributed by atoms with Gasteiger partial charge in [-0.2, -0.15) is 4.89 Å². The Kier molecular flexibility index (Phi) is 4.37. The second-order valence-electron chi connectivity index (χ2n) is 2.62. The molecule has 0 fully saturated rings. The molecule has 1 aromatic carbocycles. The molecule has 0 spiro atoms. The molecule has 0 bridgehead atoms. The fourth-order valence-corrected chi connectivity index (χ4v) is 0.831. The second kappa shape index (κ2) is 5.82. The average molecular weight is 208 g/mol. The summed E-state index contributed by atoms with van der Waals surface area (Å²) in [6, 6.07) is 8.83. The van der Waals surface area contributed by atoms with E-state index in [1.807, 2.05) is 6.07 Å². The van der Waals surface area contributed by atoms with Gasteiger partial charge < -0.3 is 4.74 Å². The van der Waals surface area contributed by atoms with Crippen LogP contribution in [0.4, 0.5) is 0 Å². The van der Waals surface area contributed by atoms with Crippen LogP contribution in [0.5, 0.6) is 5.75 Å². The molecule has 1 aromatic rings.